The van der Waals surface area contributed by atoms with Crippen LogP contribution >= 0.6 is 0 Å². The average molecular weight is 360 g/mol. The third-order valence-electron chi connectivity index (χ3n) is 3.72. The zero-order valence-corrected chi connectivity index (χ0v) is 15.7. The molecule has 2 aromatic carbocycles. The van der Waals surface area contributed by atoms with E-state index in [2.05, 4.69) is 10.0 Å². The van der Waals surface area contributed by atoms with Crippen LogP contribution in [0.15, 0.2) is 53.4 Å². The van der Waals surface area contributed by atoms with E-state index in [1.54, 1.807) is 49.4 Å². The predicted molar refractivity (Wildman–Crippen MR) is 98.7 cm³/mol. The lowest BCUT2D eigenvalue weighted by atomic mass is 10.1. The molecule has 0 aliphatic rings. The molecule has 0 aliphatic heterocycles. The Hall–Kier alpha value is -2.18. The Balaban J connectivity index is 2.40. The number of carbonyl (C=O) groups is 1. The fourth-order valence-corrected chi connectivity index (χ4v) is 4.02. The monoisotopic (exact) mass is 360 g/mol. The Morgan fingerprint density at radius 1 is 1.00 bits per heavy atom. The summed E-state index contributed by atoms with van der Waals surface area (Å²) in [5.74, 6) is -0.380. The van der Waals surface area contributed by atoms with Crippen molar-refractivity contribution >= 4 is 15.9 Å². The molecule has 0 unspecified atom stereocenters. The first-order valence-corrected chi connectivity index (χ1v) is 9.64. The molecule has 0 fully saturated rings. The maximum Gasteiger partial charge on any atom is 0.242 e. The summed E-state index contributed by atoms with van der Waals surface area (Å²) in [5, 5.41) is 2.77. The molecule has 5 nitrogen and oxygen atoms in total. The Kier molecular flexibility index (Phi) is 5.98. The van der Waals surface area contributed by atoms with Crippen molar-refractivity contribution in [2.45, 2.75) is 44.7 Å². The summed E-state index contributed by atoms with van der Waals surface area (Å²) in [7, 11) is -3.85. The fourth-order valence-electron chi connectivity index (χ4n) is 2.61. The van der Waals surface area contributed by atoms with Crippen LogP contribution in [0.25, 0.3) is 0 Å². The van der Waals surface area contributed by atoms with Crippen molar-refractivity contribution < 1.29 is 13.2 Å². The molecule has 0 saturated heterocycles. The third kappa shape index (κ3) is 4.90. The molecule has 0 bridgehead atoms. The second kappa shape index (κ2) is 7.80. The maximum absolute atomic E-state index is 12.8. The second-order valence-electron chi connectivity index (χ2n) is 6.40. The average Bonchev–Trinajstić information content (AvgIpc) is 2.52. The maximum atomic E-state index is 12.8. The van der Waals surface area contributed by atoms with Gasteiger partial charge in [-0.15, -0.1) is 0 Å². The van der Waals surface area contributed by atoms with Crippen LogP contribution in [0.5, 0.6) is 0 Å². The number of aryl methyl sites for hydroxylation is 2. The molecule has 1 amide bonds. The minimum atomic E-state index is -3.85. The van der Waals surface area contributed by atoms with Gasteiger partial charge in [-0.3, -0.25) is 4.79 Å². The number of sulfonamides is 1. The number of benzene rings is 2. The van der Waals surface area contributed by atoms with Gasteiger partial charge in [0.25, 0.3) is 0 Å². The SMILES string of the molecule is Cc1ccc(S(=O)(=O)N[C@H](C(=O)NC(C)C)c2ccccc2)c(C)c1. The molecule has 0 heterocycles. The van der Waals surface area contributed by atoms with E-state index >= 15 is 0 Å². The van der Waals surface area contributed by atoms with Gasteiger partial charge < -0.3 is 5.32 Å². The first-order chi connectivity index (χ1) is 11.7. The van der Waals surface area contributed by atoms with E-state index in [-0.39, 0.29) is 16.8 Å². The molecule has 2 rings (SSSR count). The molecule has 0 aliphatic carbocycles. The molecule has 2 aromatic rings. The van der Waals surface area contributed by atoms with Gasteiger partial charge in [0.15, 0.2) is 0 Å². The number of carbonyl (C=O) groups excluding carboxylic acids is 1. The van der Waals surface area contributed by atoms with Crippen molar-refractivity contribution in [3.63, 3.8) is 0 Å². The first-order valence-electron chi connectivity index (χ1n) is 8.15. The van der Waals surface area contributed by atoms with Crippen LogP contribution in [0.4, 0.5) is 0 Å². The molecule has 0 saturated carbocycles. The summed E-state index contributed by atoms with van der Waals surface area (Å²) >= 11 is 0. The number of hydrogen-bond donors (Lipinski definition) is 2. The van der Waals surface area contributed by atoms with Gasteiger partial charge in [0.2, 0.25) is 15.9 Å². The van der Waals surface area contributed by atoms with Gasteiger partial charge in [-0.05, 0) is 44.9 Å². The molecule has 1 atom stereocenters. The van der Waals surface area contributed by atoms with Gasteiger partial charge in [0, 0.05) is 6.04 Å². The fraction of sp³-hybridized carbons (Fsp3) is 0.316. The molecular weight excluding hydrogens is 336 g/mol. The van der Waals surface area contributed by atoms with E-state index < -0.39 is 16.1 Å². The number of rotatable bonds is 6. The molecular formula is C19H24N2O3S. The summed E-state index contributed by atoms with van der Waals surface area (Å²) < 4.78 is 28.2. The molecule has 0 radical (unpaired) electrons. The molecule has 2 N–H and O–H groups in total. The minimum absolute atomic E-state index is 0.0932. The molecule has 6 heteroatoms. The van der Waals surface area contributed by atoms with E-state index in [4.69, 9.17) is 0 Å². The zero-order valence-electron chi connectivity index (χ0n) is 14.9. The standard InChI is InChI=1S/C19H24N2O3S/c1-13(2)20-19(22)18(16-8-6-5-7-9-16)21-25(23,24)17-11-10-14(3)12-15(17)4/h5-13,18,21H,1-4H3,(H,20,22)/t18-/m0/s1. The third-order valence-corrected chi connectivity index (χ3v) is 5.30. The van der Waals surface area contributed by atoms with E-state index in [9.17, 15) is 13.2 Å². The Bertz CT molecular complexity index is 846. The highest BCUT2D eigenvalue weighted by atomic mass is 32.2. The van der Waals surface area contributed by atoms with Gasteiger partial charge in [0.05, 0.1) is 4.90 Å². The van der Waals surface area contributed by atoms with Crippen molar-refractivity contribution in [1.29, 1.82) is 0 Å². The Morgan fingerprint density at radius 3 is 2.20 bits per heavy atom. The highest BCUT2D eigenvalue weighted by Gasteiger charge is 2.28. The quantitative estimate of drug-likeness (QED) is 0.832. The Morgan fingerprint density at radius 2 is 1.64 bits per heavy atom. The van der Waals surface area contributed by atoms with E-state index in [1.165, 1.54) is 0 Å². The smallest absolute Gasteiger partial charge is 0.242 e. The van der Waals surface area contributed by atoms with Crippen molar-refractivity contribution in [1.82, 2.24) is 10.0 Å². The van der Waals surface area contributed by atoms with Gasteiger partial charge >= 0.3 is 0 Å². The van der Waals surface area contributed by atoms with Crippen LogP contribution in [-0.4, -0.2) is 20.4 Å². The minimum Gasteiger partial charge on any atom is -0.352 e. The molecule has 134 valence electrons. The van der Waals surface area contributed by atoms with Crippen molar-refractivity contribution in [3.8, 4) is 0 Å². The lowest BCUT2D eigenvalue weighted by Gasteiger charge is -2.21. The predicted octanol–water partition coefficient (Wildman–Crippen LogP) is 2.85. The summed E-state index contributed by atoms with van der Waals surface area (Å²) in [6.45, 7) is 7.31. The van der Waals surface area contributed by atoms with Crippen molar-refractivity contribution in [2.24, 2.45) is 0 Å². The normalized spacial score (nSPS) is 12.8. The van der Waals surface area contributed by atoms with Crippen LogP contribution in [0.1, 0.15) is 36.6 Å². The lowest BCUT2D eigenvalue weighted by Crippen LogP contribution is -2.42. The van der Waals surface area contributed by atoms with Crippen LogP contribution in [0, 0.1) is 13.8 Å². The number of amides is 1. The van der Waals surface area contributed by atoms with Crippen LogP contribution in [0.2, 0.25) is 0 Å². The molecule has 25 heavy (non-hydrogen) atoms. The lowest BCUT2D eigenvalue weighted by molar-refractivity contribution is -0.123. The van der Waals surface area contributed by atoms with Crippen molar-refractivity contribution in [3.05, 3.63) is 65.2 Å². The Labute approximate surface area is 149 Å². The van der Waals surface area contributed by atoms with Gasteiger partial charge in [-0.1, -0.05) is 48.0 Å². The van der Waals surface area contributed by atoms with Crippen LogP contribution < -0.4 is 10.0 Å². The zero-order chi connectivity index (χ0) is 18.6. The number of hydrogen-bond acceptors (Lipinski definition) is 3. The van der Waals surface area contributed by atoms with Gasteiger partial charge in [-0.2, -0.15) is 4.72 Å². The van der Waals surface area contributed by atoms with Crippen LogP contribution in [0.3, 0.4) is 0 Å². The highest BCUT2D eigenvalue weighted by molar-refractivity contribution is 7.89. The largest absolute Gasteiger partial charge is 0.352 e. The summed E-state index contributed by atoms with van der Waals surface area (Å²) in [5.41, 5.74) is 2.21. The van der Waals surface area contributed by atoms with Gasteiger partial charge in [0.1, 0.15) is 6.04 Å². The van der Waals surface area contributed by atoms with E-state index in [0.29, 0.717) is 11.1 Å². The highest BCUT2D eigenvalue weighted by Crippen LogP contribution is 2.21. The first kappa shape index (κ1) is 19.1. The second-order valence-corrected chi connectivity index (χ2v) is 8.08. The van der Waals surface area contributed by atoms with Gasteiger partial charge in [-0.25, -0.2) is 8.42 Å². The topological polar surface area (TPSA) is 75.3 Å². The molecule has 0 aromatic heterocycles. The van der Waals surface area contributed by atoms with E-state index in [0.717, 1.165) is 5.56 Å². The number of nitrogens with one attached hydrogen (secondary N) is 2. The van der Waals surface area contributed by atoms with E-state index in [1.807, 2.05) is 26.8 Å². The summed E-state index contributed by atoms with van der Waals surface area (Å²) in [6.07, 6.45) is 0. The summed E-state index contributed by atoms with van der Waals surface area (Å²) in [6, 6.07) is 12.9. The van der Waals surface area contributed by atoms with Crippen LogP contribution in [-0.2, 0) is 14.8 Å². The molecule has 0 spiro atoms. The van der Waals surface area contributed by atoms with Crippen molar-refractivity contribution in [2.75, 3.05) is 0 Å². The summed E-state index contributed by atoms with van der Waals surface area (Å²) in [4.78, 5) is 12.7.